The van der Waals surface area contributed by atoms with E-state index in [1.165, 1.54) is 5.56 Å². The Hall–Kier alpha value is -1.55. The van der Waals surface area contributed by atoms with E-state index in [-0.39, 0.29) is 6.04 Å². The molecule has 0 aliphatic heterocycles. The third-order valence-electron chi connectivity index (χ3n) is 2.25. The van der Waals surface area contributed by atoms with Crippen molar-refractivity contribution in [3.63, 3.8) is 0 Å². The first-order chi connectivity index (χ1) is 8.13. The summed E-state index contributed by atoms with van der Waals surface area (Å²) in [6, 6.07) is 8.22. The quantitative estimate of drug-likeness (QED) is 0.606. The predicted molar refractivity (Wildman–Crippen MR) is 72.4 cm³/mol. The molecule has 3 N–H and O–H groups in total. The molecule has 94 valence electrons. The van der Waals surface area contributed by atoms with E-state index in [1.54, 1.807) is 7.11 Å². The number of ether oxygens (including phenoxy) is 1. The number of rotatable bonds is 5. The van der Waals surface area contributed by atoms with Gasteiger partial charge in [0.15, 0.2) is 5.96 Å². The van der Waals surface area contributed by atoms with Gasteiger partial charge in [-0.25, -0.2) is 0 Å². The normalized spacial score (nSPS) is 11.9. The zero-order chi connectivity index (χ0) is 12.7. The molecule has 4 heteroatoms. The number of aliphatic imine (C=N–C) groups is 1. The molecular weight excluding hydrogens is 214 g/mol. The number of hydrogen-bond donors (Lipinski definition) is 2. The van der Waals surface area contributed by atoms with Crippen LogP contribution in [-0.2, 0) is 11.2 Å². The number of nitrogens with one attached hydrogen (secondary N) is 1. The first kappa shape index (κ1) is 13.5. The van der Waals surface area contributed by atoms with Gasteiger partial charge in [0.05, 0.1) is 6.61 Å². The average Bonchev–Trinajstić information content (AvgIpc) is 2.26. The van der Waals surface area contributed by atoms with Gasteiger partial charge in [-0.15, -0.1) is 0 Å². The van der Waals surface area contributed by atoms with E-state index in [0.29, 0.717) is 12.6 Å². The minimum absolute atomic E-state index is 0.189. The van der Waals surface area contributed by atoms with E-state index < -0.39 is 0 Å². The van der Waals surface area contributed by atoms with Gasteiger partial charge in [0.25, 0.3) is 0 Å². The van der Waals surface area contributed by atoms with Crippen molar-refractivity contribution in [2.75, 3.05) is 19.0 Å². The number of hydrogen-bond acceptors (Lipinski definition) is 2. The van der Waals surface area contributed by atoms with Crippen molar-refractivity contribution in [2.24, 2.45) is 10.7 Å². The second-order valence-corrected chi connectivity index (χ2v) is 4.13. The summed E-state index contributed by atoms with van der Waals surface area (Å²) in [6.45, 7) is 4.68. The average molecular weight is 235 g/mol. The van der Waals surface area contributed by atoms with Crippen LogP contribution in [0.2, 0.25) is 0 Å². The molecule has 1 aromatic rings. The third kappa shape index (κ3) is 4.87. The zero-order valence-electron chi connectivity index (χ0n) is 10.7. The Kier molecular flexibility index (Phi) is 5.49. The molecule has 0 spiro atoms. The smallest absolute Gasteiger partial charge is 0.193 e. The van der Waals surface area contributed by atoms with E-state index >= 15 is 0 Å². The van der Waals surface area contributed by atoms with Crippen molar-refractivity contribution in [3.05, 3.63) is 29.8 Å². The van der Waals surface area contributed by atoms with Crippen LogP contribution in [0.4, 0.5) is 5.69 Å². The molecule has 0 unspecified atom stereocenters. The number of nitrogens with two attached hydrogens (primary N) is 1. The molecule has 0 aliphatic rings. The maximum absolute atomic E-state index is 5.81. The maximum Gasteiger partial charge on any atom is 0.193 e. The first-order valence-corrected chi connectivity index (χ1v) is 5.80. The summed E-state index contributed by atoms with van der Waals surface area (Å²) in [5, 5.41) is 3.12. The van der Waals surface area contributed by atoms with Crippen LogP contribution >= 0.6 is 0 Å². The highest BCUT2D eigenvalue weighted by atomic mass is 16.5. The van der Waals surface area contributed by atoms with Gasteiger partial charge in [-0.3, -0.25) is 4.99 Å². The standard InChI is InChI=1S/C13H21N3O/c1-10(2)15-13(14)16-12-7-5-4-6-11(12)8-9-17-3/h4-7,10H,8-9H2,1-3H3,(H3,14,15,16). The summed E-state index contributed by atoms with van der Waals surface area (Å²) < 4.78 is 5.08. The minimum Gasteiger partial charge on any atom is -0.384 e. The van der Waals surface area contributed by atoms with Gasteiger partial charge in [0.1, 0.15) is 0 Å². The van der Waals surface area contributed by atoms with Crippen molar-refractivity contribution in [3.8, 4) is 0 Å². The SMILES string of the molecule is COCCc1ccccc1NC(N)=NC(C)C. The molecule has 0 saturated carbocycles. The van der Waals surface area contributed by atoms with Crippen LogP contribution in [0, 0.1) is 0 Å². The summed E-state index contributed by atoms with van der Waals surface area (Å²) in [7, 11) is 1.70. The number of para-hydroxylation sites is 1. The van der Waals surface area contributed by atoms with E-state index in [4.69, 9.17) is 10.5 Å². The third-order valence-corrected chi connectivity index (χ3v) is 2.25. The molecule has 0 amide bonds. The van der Waals surface area contributed by atoms with Crippen molar-refractivity contribution in [1.29, 1.82) is 0 Å². The van der Waals surface area contributed by atoms with E-state index in [9.17, 15) is 0 Å². The monoisotopic (exact) mass is 235 g/mol. The van der Waals surface area contributed by atoms with Gasteiger partial charge in [0.2, 0.25) is 0 Å². The highest BCUT2D eigenvalue weighted by Crippen LogP contribution is 2.15. The lowest BCUT2D eigenvalue weighted by molar-refractivity contribution is 0.202. The molecule has 4 nitrogen and oxygen atoms in total. The molecule has 0 fully saturated rings. The van der Waals surface area contributed by atoms with Gasteiger partial charge >= 0.3 is 0 Å². The zero-order valence-corrected chi connectivity index (χ0v) is 10.7. The second-order valence-electron chi connectivity index (χ2n) is 4.13. The van der Waals surface area contributed by atoms with E-state index in [0.717, 1.165) is 12.1 Å². The molecule has 1 rings (SSSR count). The van der Waals surface area contributed by atoms with Crippen molar-refractivity contribution >= 4 is 11.6 Å². The number of benzene rings is 1. The fraction of sp³-hybridized carbons (Fsp3) is 0.462. The van der Waals surface area contributed by atoms with Gasteiger partial charge in [-0.05, 0) is 31.9 Å². The fourth-order valence-electron chi connectivity index (χ4n) is 1.52. The Morgan fingerprint density at radius 2 is 2.12 bits per heavy atom. The summed E-state index contributed by atoms with van der Waals surface area (Å²) in [6.07, 6.45) is 0.856. The molecule has 0 aliphatic carbocycles. The molecule has 0 aromatic heterocycles. The maximum atomic E-state index is 5.81. The number of guanidine groups is 1. The van der Waals surface area contributed by atoms with Crippen LogP contribution in [0.15, 0.2) is 29.3 Å². The molecule has 1 aromatic carbocycles. The van der Waals surface area contributed by atoms with Crippen LogP contribution in [0.1, 0.15) is 19.4 Å². The lowest BCUT2D eigenvalue weighted by atomic mass is 10.1. The topological polar surface area (TPSA) is 59.6 Å². The number of methoxy groups -OCH3 is 1. The lowest BCUT2D eigenvalue weighted by Crippen LogP contribution is -2.24. The molecule has 0 bridgehead atoms. The Morgan fingerprint density at radius 1 is 1.41 bits per heavy atom. The summed E-state index contributed by atoms with van der Waals surface area (Å²) >= 11 is 0. The summed E-state index contributed by atoms with van der Waals surface area (Å²) in [4.78, 5) is 4.25. The van der Waals surface area contributed by atoms with Crippen LogP contribution in [-0.4, -0.2) is 25.7 Å². The van der Waals surface area contributed by atoms with E-state index in [2.05, 4.69) is 16.4 Å². The van der Waals surface area contributed by atoms with Crippen molar-refractivity contribution in [1.82, 2.24) is 0 Å². The Labute approximate surface area is 103 Å². The predicted octanol–water partition coefficient (Wildman–Crippen LogP) is 2.01. The van der Waals surface area contributed by atoms with Crippen LogP contribution in [0.25, 0.3) is 0 Å². The molecule has 17 heavy (non-hydrogen) atoms. The Morgan fingerprint density at radius 3 is 2.76 bits per heavy atom. The molecule has 0 saturated heterocycles. The fourth-order valence-corrected chi connectivity index (χ4v) is 1.52. The Balaban J connectivity index is 2.75. The lowest BCUT2D eigenvalue weighted by Gasteiger charge is -2.11. The molecule has 0 heterocycles. The second kappa shape index (κ2) is 6.91. The Bertz CT molecular complexity index is 375. The van der Waals surface area contributed by atoms with Gasteiger partial charge < -0.3 is 15.8 Å². The van der Waals surface area contributed by atoms with Crippen LogP contribution < -0.4 is 11.1 Å². The highest BCUT2D eigenvalue weighted by Gasteiger charge is 2.02. The van der Waals surface area contributed by atoms with Gasteiger partial charge in [-0.2, -0.15) is 0 Å². The highest BCUT2D eigenvalue weighted by molar-refractivity contribution is 5.93. The number of anilines is 1. The van der Waals surface area contributed by atoms with Gasteiger partial charge in [0, 0.05) is 18.8 Å². The number of nitrogens with zero attached hydrogens (tertiary/aromatic N) is 1. The summed E-state index contributed by atoms with van der Waals surface area (Å²) in [5.74, 6) is 0.449. The van der Waals surface area contributed by atoms with Crippen molar-refractivity contribution in [2.45, 2.75) is 26.3 Å². The molecule has 0 radical (unpaired) electrons. The molecular formula is C13H21N3O. The first-order valence-electron chi connectivity index (χ1n) is 5.80. The largest absolute Gasteiger partial charge is 0.384 e. The van der Waals surface area contributed by atoms with Crippen molar-refractivity contribution < 1.29 is 4.74 Å². The van der Waals surface area contributed by atoms with E-state index in [1.807, 2.05) is 32.0 Å². The van der Waals surface area contributed by atoms with Gasteiger partial charge in [-0.1, -0.05) is 18.2 Å². The summed E-state index contributed by atoms with van der Waals surface area (Å²) in [5.41, 5.74) is 7.98. The molecule has 0 atom stereocenters. The van der Waals surface area contributed by atoms with Crippen LogP contribution in [0.3, 0.4) is 0 Å². The van der Waals surface area contributed by atoms with Crippen LogP contribution in [0.5, 0.6) is 0 Å². The minimum atomic E-state index is 0.189.